The van der Waals surface area contributed by atoms with Crippen molar-refractivity contribution >= 4 is 11.9 Å². The number of hydrogen-bond donors (Lipinski definition) is 2. The third kappa shape index (κ3) is 2.58. The Kier molecular flexibility index (Phi) is 4.18. The molecule has 0 bridgehead atoms. The van der Waals surface area contributed by atoms with Crippen molar-refractivity contribution in [2.75, 3.05) is 19.7 Å². The molecule has 1 aromatic carbocycles. The highest BCUT2D eigenvalue weighted by molar-refractivity contribution is 5.85. The molecule has 4 rings (SSSR count). The molecule has 3 amide bonds. The van der Waals surface area contributed by atoms with Crippen LogP contribution in [0, 0.1) is 5.92 Å². The number of urea groups is 1. The Balaban J connectivity index is 1.60. The van der Waals surface area contributed by atoms with E-state index in [9.17, 15) is 14.7 Å². The summed E-state index contributed by atoms with van der Waals surface area (Å²) in [5, 5.41) is 12.9. The molecule has 0 radical (unpaired) electrons. The van der Waals surface area contributed by atoms with E-state index in [1.807, 2.05) is 36.9 Å². The number of hydrogen-bond acceptors (Lipinski definition) is 3. The van der Waals surface area contributed by atoms with Crippen LogP contribution in [0.3, 0.4) is 0 Å². The Morgan fingerprint density at radius 2 is 1.88 bits per heavy atom. The van der Waals surface area contributed by atoms with Gasteiger partial charge < -0.3 is 20.2 Å². The topological polar surface area (TPSA) is 72.9 Å². The number of carbonyl (C=O) groups excluding carboxylic acids is 2. The van der Waals surface area contributed by atoms with Gasteiger partial charge in [-0.2, -0.15) is 0 Å². The number of rotatable bonds is 4. The number of nitrogens with one attached hydrogen (secondary N) is 1. The molecule has 2 N–H and O–H groups in total. The standard InChI is InChI=1S/C20H27N3O3/c1-13(2)21-19(26)22-11-20(12-22)17(14-6-4-3-5-7-14)16(10-24)23(20)18(25)15-8-9-15/h3-7,13,15-17,24H,8-12H2,1-2H3,(H,21,26)/t16-,17-/m1/s1. The minimum Gasteiger partial charge on any atom is -0.394 e. The van der Waals surface area contributed by atoms with Gasteiger partial charge in [0.1, 0.15) is 0 Å². The Hall–Kier alpha value is -2.08. The van der Waals surface area contributed by atoms with Crippen LogP contribution in [0.4, 0.5) is 4.79 Å². The van der Waals surface area contributed by atoms with Gasteiger partial charge in [0.05, 0.1) is 18.2 Å². The van der Waals surface area contributed by atoms with Crippen LogP contribution in [-0.2, 0) is 4.79 Å². The van der Waals surface area contributed by atoms with Gasteiger partial charge in [0, 0.05) is 31.0 Å². The van der Waals surface area contributed by atoms with Crippen molar-refractivity contribution in [3.8, 4) is 0 Å². The van der Waals surface area contributed by atoms with E-state index in [0.29, 0.717) is 13.1 Å². The Bertz CT molecular complexity index is 696. The van der Waals surface area contributed by atoms with Gasteiger partial charge in [-0.25, -0.2) is 4.79 Å². The molecule has 6 heteroatoms. The summed E-state index contributed by atoms with van der Waals surface area (Å²) in [6.45, 7) is 4.89. The molecule has 2 aliphatic heterocycles. The molecule has 140 valence electrons. The molecule has 0 unspecified atom stereocenters. The number of likely N-dealkylation sites (tertiary alicyclic amines) is 2. The van der Waals surface area contributed by atoms with E-state index in [-0.39, 0.29) is 48.0 Å². The zero-order valence-corrected chi connectivity index (χ0v) is 15.4. The second kappa shape index (κ2) is 6.27. The average Bonchev–Trinajstić information content (AvgIpc) is 3.38. The van der Waals surface area contributed by atoms with Crippen LogP contribution < -0.4 is 5.32 Å². The molecule has 2 heterocycles. The second-order valence-electron chi connectivity index (χ2n) is 8.18. The van der Waals surface area contributed by atoms with E-state index >= 15 is 0 Å². The number of benzene rings is 1. The van der Waals surface area contributed by atoms with Crippen molar-refractivity contribution in [3.05, 3.63) is 35.9 Å². The molecule has 2 atom stereocenters. The average molecular weight is 357 g/mol. The molecule has 1 saturated carbocycles. The summed E-state index contributed by atoms with van der Waals surface area (Å²) in [5.41, 5.74) is 0.762. The van der Waals surface area contributed by atoms with Gasteiger partial charge in [-0.3, -0.25) is 4.79 Å². The fraction of sp³-hybridized carbons (Fsp3) is 0.600. The molecule has 6 nitrogen and oxygen atoms in total. The lowest BCUT2D eigenvalue weighted by molar-refractivity contribution is -0.194. The zero-order chi connectivity index (χ0) is 18.5. The third-order valence-corrected chi connectivity index (χ3v) is 5.91. The lowest BCUT2D eigenvalue weighted by Gasteiger charge is -2.70. The first-order valence-electron chi connectivity index (χ1n) is 9.52. The largest absolute Gasteiger partial charge is 0.394 e. The minimum absolute atomic E-state index is 0.0437. The maximum atomic E-state index is 12.9. The summed E-state index contributed by atoms with van der Waals surface area (Å²) in [6, 6.07) is 9.88. The van der Waals surface area contributed by atoms with Crippen molar-refractivity contribution < 1.29 is 14.7 Å². The maximum absolute atomic E-state index is 12.9. The van der Waals surface area contributed by atoms with Gasteiger partial charge in [-0.05, 0) is 32.3 Å². The van der Waals surface area contributed by atoms with Crippen LogP contribution in [-0.4, -0.2) is 64.2 Å². The summed E-state index contributed by atoms with van der Waals surface area (Å²) in [4.78, 5) is 28.9. The van der Waals surface area contributed by atoms with Gasteiger partial charge in [0.25, 0.3) is 0 Å². The number of amides is 3. The Morgan fingerprint density at radius 1 is 1.23 bits per heavy atom. The molecule has 0 aromatic heterocycles. The van der Waals surface area contributed by atoms with Crippen molar-refractivity contribution in [1.82, 2.24) is 15.1 Å². The molecular weight excluding hydrogens is 330 g/mol. The fourth-order valence-electron chi connectivity index (χ4n) is 4.64. The molecule has 26 heavy (non-hydrogen) atoms. The summed E-state index contributed by atoms with van der Waals surface area (Å²) in [6.07, 6.45) is 1.88. The summed E-state index contributed by atoms with van der Waals surface area (Å²) in [7, 11) is 0. The van der Waals surface area contributed by atoms with E-state index in [2.05, 4.69) is 17.4 Å². The second-order valence-corrected chi connectivity index (χ2v) is 8.18. The number of carbonyl (C=O) groups is 2. The summed E-state index contributed by atoms with van der Waals surface area (Å²) < 4.78 is 0. The van der Waals surface area contributed by atoms with Crippen LogP contribution in [0.25, 0.3) is 0 Å². The number of aliphatic hydroxyl groups is 1. The van der Waals surface area contributed by atoms with Crippen LogP contribution in [0.1, 0.15) is 38.2 Å². The highest BCUT2D eigenvalue weighted by atomic mass is 16.3. The molecule has 2 saturated heterocycles. The van der Waals surface area contributed by atoms with E-state index in [4.69, 9.17) is 0 Å². The first-order chi connectivity index (χ1) is 12.5. The highest BCUT2D eigenvalue weighted by Crippen LogP contribution is 2.55. The first kappa shape index (κ1) is 17.3. The van der Waals surface area contributed by atoms with E-state index in [0.717, 1.165) is 18.4 Å². The van der Waals surface area contributed by atoms with Crippen molar-refractivity contribution in [3.63, 3.8) is 0 Å². The smallest absolute Gasteiger partial charge is 0.317 e. The highest BCUT2D eigenvalue weighted by Gasteiger charge is 2.68. The Labute approximate surface area is 154 Å². The number of nitrogens with zero attached hydrogens (tertiary/aromatic N) is 2. The molecule has 1 aromatic rings. The van der Waals surface area contributed by atoms with Crippen molar-refractivity contribution in [2.24, 2.45) is 5.92 Å². The van der Waals surface area contributed by atoms with E-state index in [1.54, 1.807) is 4.90 Å². The molecule has 3 aliphatic rings. The van der Waals surface area contributed by atoms with Crippen LogP contribution in [0.15, 0.2) is 30.3 Å². The van der Waals surface area contributed by atoms with Gasteiger partial charge >= 0.3 is 6.03 Å². The molecule has 3 fully saturated rings. The normalized spacial score (nSPS) is 26.5. The van der Waals surface area contributed by atoms with Crippen molar-refractivity contribution in [1.29, 1.82) is 0 Å². The molecule has 1 spiro atoms. The molecular formula is C20H27N3O3. The SMILES string of the molecule is CC(C)NC(=O)N1CC2(C1)[C@H](c1ccccc1)[C@@H](CO)N2C(=O)C1CC1. The quantitative estimate of drug-likeness (QED) is 0.859. The summed E-state index contributed by atoms with van der Waals surface area (Å²) in [5.74, 6) is 0.329. The lowest BCUT2D eigenvalue weighted by atomic mass is 9.60. The van der Waals surface area contributed by atoms with Crippen LogP contribution in [0.5, 0.6) is 0 Å². The molecule has 1 aliphatic carbocycles. The fourth-order valence-corrected chi connectivity index (χ4v) is 4.64. The third-order valence-electron chi connectivity index (χ3n) is 5.91. The van der Waals surface area contributed by atoms with Gasteiger partial charge in [-0.15, -0.1) is 0 Å². The van der Waals surface area contributed by atoms with Gasteiger partial charge in [-0.1, -0.05) is 30.3 Å². The van der Waals surface area contributed by atoms with Crippen LogP contribution in [0.2, 0.25) is 0 Å². The minimum atomic E-state index is -0.372. The zero-order valence-electron chi connectivity index (χ0n) is 15.4. The van der Waals surface area contributed by atoms with Gasteiger partial charge in [0.15, 0.2) is 0 Å². The van der Waals surface area contributed by atoms with Crippen LogP contribution >= 0.6 is 0 Å². The number of aliphatic hydroxyl groups excluding tert-OH is 1. The van der Waals surface area contributed by atoms with Gasteiger partial charge in [0.2, 0.25) is 5.91 Å². The first-order valence-corrected chi connectivity index (χ1v) is 9.52. The predicted octanol–water partition coefficient (Wildman–Crippen LogP) is 1.56. The predicted molar refractivity (Wildman–Crippen MR) is 97.6 cm³/mol. The lowest BCUT2D eigenvalue weighted by Crippen LogP contribution is -2.86. The Morgan fingerprint density at radius 3 is 2.42 bits per heavy atom. The summed E-state index contributed by atoms with van der Waals surface area (Å²) >= 11 is 0. The van der Waals surface area contributed by atoms with Crippen molar-refractivity contribution in [2.45, 2.75) is 50.2 Å². The van der Waals surface area contributed by atoms with E-state index in [1.165, 1.54) is 0 Å². The monoisotopic (exact) mass is 357 g/mol. The maximum Gasteiger partial charge on any atom is 0.317 e. The van der Waals surface area contributed by atoms with E-state index < -0.39 is 0 Å².